The van der Waals surface area contributed by atoms with E-state index in [-0.39, 0.29) is 22.7 Å². The average molecular weight is 264 g/mol. The minimum atomic E-state index is -0.770. The Bertz CT molecular complexity index is 645. The van der Waals surface area contributed by atoms with Crippen molar-refractivity contribution >= 4 is 17.3 Å². The molecule has 0 radical (unpaired) electrons. The van der Waals surface area contributed by atoms with E-state index in [1.807, 2.05) is 0 Å². The Labute approximate surface area is 107 Å². The summed E-state index contributed by atoms with van der Waals surface area (Å²) in [6.07, 6.45) is 0. The molecule has 4 N–H and O–H groups in total. The molecule has 2 rings (SSSR count). The van der Waals surface area contributed by atoms with Crippen LogP contribution in [0.1, 0.15) is 10.4 Å². The molecule has 0 aromatic heterocycles. The molecule has 0 aliphatic rings. The second-order valence-corrected chi connectivity index (χ2v) is 3.85. The molecule has 0 saturated carbocycles. The molecule has 98 valence electrons. The molecule has 19 heavy (non-hydrogen) atoms. The molecule has 4 nitrogen and oxygen atoms in total. The van der Waals surface area contributed by atoms with E-state index in [0.29, 0.717) is 0 Å². The molecule has 0 aliphatic carbocycles. The summed E-state index contributed by atoms with van der Waals surface area (Å²) in [4.78, 5) is 11.9. The minimum absolute atomic E-state index is 0.0244. The van der Waals surface area contributed by atoms with Crippen molar-refractivity contribution in [1.82, 2.24) is 0 Å². The number of nitrogens with two attached hydrogens (primary N) is 1. The molecule has 0 saturated heterocycles. The molecule has 0 atom stereocenters. The number of anilines is 2. The molecule has 0 heterocycles. The quantitative estimate of drug-likeness (QED) is 0.576. The molecular weight excluding hydrogens is 254 g/mol. The summed E-state index contributed by atoms with van der Waals surface area (Å²) in [5.74, 6) is -2.34. The first-order valence-corrected chi connectivity index (χ1v) is 5.32. The van der Waals surface area contributed by atoms with E-state index in [2.05, 4.69) is 5.32 Å². The van der Waals surface area contributed by atoms with E-state index in [1.54, 1.807) is 0 Å². The number of nitrogens with one attached hydrogen (secondary N) is 1. The number of phenols is 1. The van der Waals surface area contributed by atoms with Crippen LogP contribution in [0, 0.1) is 11.6 Å². The highest BCUT2D eigenvalue weighted by atomic mass is 19.1. The van der Waals surface area contributed by atoms with Crippen molar-refractivity contribution in [2.45, 2.75) is 0 Å². The third kappa shape index (κ3) is 2.79. The fraction of sp³-hybridized carbons (Fsp3) is 0. The van der Waals surface area contributed by atoms with E-state index in [4.69, 9.17) is 5.73 Å². The van der Waals surface area contributed by atoms with Crippen LogP contribution in [-0.2, 0) is 0 Å². The van der Waals surface area contributed by atoms with Crippen LogP contribution >= 0.6 is 0 Å². The molecule has 0 bridgehead atoms. The molecule has 1 amide bonds. The standard InChI is InChI=1S/C13H10F2N2O2/c14-7-1-3-10(15)12(5-7)17-13(19)9-6-8(18)2-4-11(9)16/h1-6,18H,16H2,(H,17,19). The molecule has 6 heteroatoms. The first-order valence-electron chi connectivity index (χ1n) is 5.32. The van der Waals surface area contributed by atoms with Crippen LogP contribution in [0.5, 0.6) is 5.75 Å². The van der Waals surface area contributed by atoms with Crippen LogP contribution in [0.4, 0.5) is 20.2 Å². The van der Waals surface area contributed by atoms with Crippen molar-refractivity contribution in [2.24, 2.45) is 0 Å². The van der Waals surface area contributed by atoms with Crippen molar-refractivity contribution < 1.29 is 18.7 Å². The summed E-state index contributed by atoms with van der Waals surface area (Å²) in [6.45, 7) is 0. The van der Waals surface area contributed by atoms with E-state index < -0.39 is 17.5 Å². The summed E-state index contributed by atoms with van der Waals surface area (Å²) in [7, 11) is 0. The number of carbonyl (C=O) groups excluding carboxylic acids is 1. The maximum atomic E-state index is 13.4. The Hall–Kier alpha value is -2.63. The Balaban J connectivity index is 2.30. The first-order chi connectivity index (χ1) is 8.97. The van der Waals surface area contributed by atoms with Gasteiger partial charge in [0, 0.05) is 11.8 Å². The number of benzene rings is 2. The Morgan fingerprint density at radius 1 is 1.16 bits per heavy atom. The minimum Gasteiger partial charge on any atom is -0.508 e. The number of amides is 1. The molecule has 0 fully saturated rings. The third-order valence-electron chi connectivity index (χ3n) is 2.46. The number of hydrogen-bond donors (Lipinski definition) is 3. The van der Waals surface area contributed by atoms with Gasteiger partial charge in [0.05, 0.1) is 11.3 Å². The highest BCUT2D eigenvalue weighted by molar-refractivity contribution is 6.08. The van der Waals surface area contributed by atoms with Crippen LogP contribution in [0.25, 0.3) is 0 Å². The van der Waals surface area contributed by atoms with Crippen molar-refractivity contribution in [2.75, 3.05) is 11.1 Å². The number of phenolic OH excluding ortho intramolecular Hbond substituents is 1. The Kier molecular flexibility index (Phi) is 3.33. The van der Waals surface area contributed by atoms with Crippen LogP contribution < -0.4 is 11.1 Å². The number of hydrogen-bond acceptors (Lipinski definition) is 3. The lowest BCUT2D eigenvalue weighted by atomic mass is 10.1. The second kappa shape index (κ2) is 4.93. The molecule has 0 aliphatic heterocycles. The smallest absolute Gasteiger partial charge is 0.257 e. The fourth-order valence-corrected chi connectivity index (χ4v) is 1.52. The lowest BCUT2D eigenvalue weighted by molar-refractivity contribution is 0.102. The maximum absolute atomic E-state index is 13.4. The lowest BCUT2D eigenvalue weighted by Gasteiger charge is -2.08. The highest BCUT2D eigenvalue weighted by Gasteiger charge is 2.13. The van der Waals surface area contributed by atoms with Crippen LogP contribution in [0.3, 0.4) is 0 Å². The zero-order valence-electron chi connectivity index (χ0n) is 9.65. The van der Waals surface area contributed by atoms with Gasteiger partial charge in [-0.25, -0.2) is 8.78 Å². The predicted molar refractivity (Wildman–Crippen MR) is 66.8 cm³/mol. The monoisotopic (exact) mass is 264 g/mol. The highest BCUT2D eigenvalue weighted by Crippen LogP contribution is 2.21. The summed E-state index contributed by atoms with van der Waals surface area (Å²) in [5.41, 5.74) is 5.37. The topological polar surface area (TPSA) is 75.3 Å². The molecule has 2 aromatic carbocycles. The summed E-state index contributed by atoms with van der Waals surface area (Å²) < 4.78 is 26.3. The SMILES string of the molecule is Nc1ccc(O)cc1C(=O)Nc1cc(F)ccc1F. The lowest BCUT2D eigenvalue weighted by Crippen LogP contribution is -2.15. The van der Waals surface area contributed by atoms with Gasteiger partial charge >= 0.3 is 0 Å². The van der Waals surface area contributed by atoms with Gasteiger partial charge in [-0.3, -0.25) is 4.79 Å². The zero-order valence-corrected chi connectivity index (χ0v) is 9.65. The van der Waals surface area contributed by atoms with Crippen LogP contribution in [0.15, 0.2) is 36.4 Å². The van der Waals surface area contributed by atoms with Crippen molar-refractivity contribution in [1.29, 1.82) is 0 Å². The van der Waals surface area contributed by atoms with Gasteiger partial charge in [0.2, 0.25) is 0 Å². The van der Waals surface area contributed by atoms with Crippen LogP contribution in [-0.4, -0.2) is 11.0 Å². The average Bonchev–Trinajstić information content (AvgIpc) is 2.36. The van der Waals surface area contributed by atoms with E-state index in [0.717, 1.165) is 24.3 Å². The number of rotatable bonds is 2. The largest absolute Gasteiger partial charge is 0.508 e. The number of carbonyl (C=O) groups is 1. The first kappa shape index (κ1) is 12.8. The van der Waals surface area contributed by atoms with Gasteiger partial charge in [0.15, 0.2) is 0 Å². The number of halogens is 2. The fourth-order valence-electron chi connectivity index (χ4n) is 1.52. The van der Waals surface area contributed by atoms with Gasteiger partial charge in [-0.1, -0.05) is 0 Å². The number of aromatic hydroxyl groups is 1. The number of nitrogen functional groups attached to an aromatic ring is 1. The maximum Gasteiger partial charge on any atom is 0.257 e. The van der Waals surface area contributed by atoms with Crippen molar-refractivity contribution in [3.63, 3.8) is 0 Å². The van der Waals surface area contributed by atoms with Crippen LogP contribution in [0.2, 0.25) is 0 Å². The van der Waals surface area contributed by atoms with Crippen molar-refractivity contribution in [3.05, 3.63) is 53.6 Å². The third-order valence-corrected chi connectivity index (χ3v) is 2.46. The molecule has 0 spiro atoms. The van der Waals surface area contributed by atoms with E-state index >= 15 is 0 Å². The second-order valence-electron chi connectivity index (χ2n) is 3.85. The van der Waals surface area contributed by atoms with Gasteiger partial charge in [0.1, 0.15) is 17.4 Å². The Morgan fingerprint density at radius 2 is 1.89 bits per heavy atom. The zero-order chi connectivity index (χ0) is 14.0. The predicted octanol–water partition coefficient (Wildman–Crippen LogP) is 2.50. The Morgan fingerprint density at radius 3 is 2.63 bits per heavy atom. The summed E-state index contributed by atoms with van der Waals surface area (Å²) in [5, 5.41) is 11.5. The normalized spacial score (nSPS) is 10.2. The summed E-state index contributed by atoms with van der Waals surface area (Å²) in [6, 6.07) is 6.49. The van der Waals surface area contributed by atoms with E-state index in [1.165, 1.54) is 12.1 Å². The molecular formula is C13H10F2N2O2. The van der Waals surface area contributed by atoms with Gasteiger partial charge in [0.25, 0.3) is 5.91 Å². The van der Waals surface area contributed by atoms with E-state index in [9.17, 15) is 18.7 Å². The molecule has 0 unspecified atom stereocenters. The van der Waals surface area contributed by atoms with Crippen molar-refractivity contribution in [3.8, 4) is 5.75 Å². The van der Waals surface area contributed by atoms with Gasteiger partial charge in [-0.05, 0) is 30.3 Å². The van der Waals surface area contributed by atoms with Gasteiger partial charge < -0.3 is 16.2 Å². The summed E-state index contributed by atoms with van der Waals surface area (Å²) >= 11 is 0. The molecule has 2 aromatic rings. The van der Waals surface area contributed by atoms with Gasteiger partial charge in [-0.15, -0.1) is 0 Å². The van der Waals surface area contributed by atoms with Gasteiger partial charge in [-0.2, -0.15) is 0 Å².